The van der Waals surface area contributed by atoms with Crippen molar-refractivity contribution in [2.45, 2.75) is 52.0 Å². The van der Waals surface area contributed by atoms with Gasteiger partial charge in [-0.1, -0.05) is 27.2 Å². The van der Waals surface area contributed by atoms with E-state index in [1.165, 1.54) is 12.8 Å². The van der Waals surface area contributed by atoms with Gasteiger partial charge in [0.05, 0.1) is 6.07 Å². The van der Waals surface area contributed by atoms with Crippen molar-refractivity contribution in [1.29, 1.82) is 5.26 Å². The number of nitriles is 1. The van der Waals surface area contributed by atoms with E-state index in [4.69, 9.17) is 0 Å². The van der Waals surface area contributed by atoms with Gasteiger partial charge in [-0.3, -0.25) is 5.32 Å². The van der Waals surface area contributed by atoms with Gasteiger partial charge >= 0.3 is 0 Å². The second-order valence-electron chi connectivity index (χ2n) is 5.02. The predicted molar refractivity (Wildman–Crippen MR) is 71.8 cm³/mol. The third-order valence-electron chi connectivity index (χ3n) is 4.20. The number of hydrogen-bond acceptors (Lipinski definition) is 3. The highest BCUT2D eigenvalue weighted by atomic mass is 15.1. The molecule has 1 aliphatic carbocycles. The average Bonchev–Trinajstić information content (AvgIpc) is 2.75. The van der Waals surface area contributed by atoms with E-state index >= 15 is 0 Å². The maximum Gasteiger partial charge on any atom is 0.109 e. The predicted octanol–water partition coefficient (Wildman–Crippen LogP) is 2.39. The Kier molecular flexibility index (Phi) is 5.94. The number of nitrogens with one attached hydrogen (secondary N) is 1. The van der Waals surface area contributed by atoms with E-state index in [1.807, 2.05) is 0 Å². The summed E-state index contributed by atoms with van der Waals surface area (Å²) in [6.07, 6.45) is 4.59. The van der Waals surface area contributed by atoms with Crippen molar-refractivity contribution in [3.05, 3.63) is 0 Å². The molecule has 0 aliphatic heterocycles. The average molecular weight is 237 g/mol. The molecular weight excluding hydrogens is 210 g/mol. The van der Waals surface area contributed by atoms with Crippen LogP contribution < -0.4 is 5.32 Å². The van der Waals surface area contributed by atoms with Crippen molar-refractivity contribution in [1.82, 2.24) is 10.2 Å². The van der Waals surface area contributed by atoms with Gasteiger partial charge in [0.2, 0.25) is 0 Å². The van der Waals surface area contributed by atoms with Gasteiger partial charge in [0.15, 0.2) is 0 Å². The third kappa shape index (κ3) is 3.43. The molecular formula is C14H27N3. The molecule has 0 aromatic heterocycles. The summed E-state index contributed by atoms with van der Waals surface area (Å²) in [5.41, 5.74) is -0.234. The Hall–Kier alpha value is -0.590. The van der Waals surface area contributed by atoms with Gasteiger partial charge in [0, 0.05) is 0 Å². The molecule has 1 fully saturated rings. The molecule has 3 nitrogen and oxygen atoms in total. The zero-order chi connectivity index (χ0) is 12.7. The van der Waals surface area contributed by atoms with Crippen molar-refractivity contribution >= 4 is 0 Å². The maximum atomic E-state index is 9.47. The quantitative estimate of drug-likeness (QED) is 0.739. The molecule has 0 bridgehead atoms. The lowest BCUT2D eigenvalue weighted by Crippen LogP contribution is -2.47. The molecule has 2 unspecified atom stereocenters. The molecule has 0 aromatic carbocycles. The van der Waals surface area contributed by atoms with Crippen LogP contribution in [0.15, 0.2) is 0 Å². The number of hydrogen-bond donors (Lipinski definition) is 1. The summed E-state index contributed by atoms with van der Waals surface area (Å²) in [6, 6.07) is 2.56. The number of rotatable bonds is 7. The lowest BCUT2D eigenvalue weighted by Gasteiger charge is -2.31. The second-order valence-corrected chi connectivity index (χ2v) is 5.02. The lowest BCUT2D eigenvalue weighted by molar-refractivity contribution is 0.238. The Morgan fingerprint density at radius 1 is 1.35 bits per heavy atom. The van der Waals surface area contributed by atoms with Crippen LogP contribution in [0, 0.1) is 17.2 Å². The van der Waals surface area contributed by atoms with Crippen LogP contribution in [0.4, 0.5) is 0 Å². The molecule has 0 radical (unpaired) electrons. The molecule has 0 aromatic rings. The molecule has 1 N–H and O–H groups in total. The van der Waals surface area contributed by atoms with E-state index in [1.54, 1.807) is 0 Å². The normalized spacial score (nSPS) is 28.5. The fourth-order valence-electron chi connectivity index (χ4n) is 3.08. The summed E-state index contributed by atoms with van der Waals surface area (Å²) >= 11 is 0. The molecule has 3 heteroatoms. The lowest BCUT2D eigenvalue weighted by atomic mass is 9.85. The first-order chi connectivity index (χ1) is 8.22. The Labute approximate surface area is 106 Å². The summed E-state index contributed by atoms with van der Waals surface area (Å²) in [5.74, 6) is 0.535. The number of nitrogens with zero attached hydrogens (tertiary/aromatic N) is 2. The minimum absolute atomic E-state index is 0.234. The molecule has 1 rings (SSSR count). The second kappa shape index (κ2) is 6.98. The van der Waals surface area contributed by atoms with E-state index in [0.717, 1.165) is 39.0 Å². The topological polar surface area (TPSA) is 39.1 Å². The Morgan fingerprint density at radius 2 is 2.06 bits per heavy atom. The first kappa shape index (κ1) is 14.5. The van der Waals surface area contributed by atoms with Crippen molar-refractivity contribution in [2.24, 2.45) is 5.92 Å². The summed E-state index contributed by atoms with van der Waals surface area (Å²) in [7, 11) is 0. The molecule has 17 heavy (non-hydrogen) atoms. The first-order valence-electron chi connectivity index (χ1n) is 7.11. The highest BCUT2D eigenvalue weighted by Crippen LogP contribution is 2.37. The van der Waals surface area contributed by atoms with Crippen LogP contribution in [0.3, 0.4) is 0 Å². The monoisotopic (exact) mass is 237 g/mol. The molecule has 98 valence electrons. The molecule has 0 heterocycles. The SMILES string of the molecule is CCNC1(C#N)CCCC1CCN(CC)CC. The smallest absolute Gasteiger partial charge is 0.109 e. The molecule has 1 aliphatic rings. The van der Waals surface area contributed by atoms with Gasteiger partial charge in [-0.2, -0.15) is 5.26 Å². The van der Waals surface area contributed by atoms with Crippen LogP contribution in [-0.4, -0.2) is 36.6 Å². The largest absolute Gasteiger partial charge is 0.304 e. The minimum atomic E-state index is -0.234. The summed E-state index contributed by atoms with van der Waals surface area (Å²) < 4.78 is 0. The van der Waals surface area contributed by atoms with Gasteiger partial charge in [0.1, 0.15) is 5.54 Å². The van der Waals surface area contributed by atoms with Crippen LogP contribution in [-0.2, 0) is 0 Å². The van der Waals surface area contributed by atoms with Crippen LogP contribution in [0.1, 0.15) is 46.5 Å². The fourth-order valence-corrected chi connectivity index (χ4v) is 3.08. The molecule has 1 saturated carbocycles. The molecule has 2 atom stereocenters. The van der Waals surface area contributed by atoms with E-state index in [-0.39, 0.29) is 5.54 Å². The summed E-state index contributed by atoms with van der Waals surface area (Å²) in [4.78, 5) is 2.45. The summed E-state index contributed by atoms with van der Waals surface area (Å²) in [5, 5.41) is 12.9. The van der Waals surface area contributed by atoms with Crippen LogP contribution >= 0.6 is 0 Å². The van der Waals surface area contributed by atoms with E-state index in [9.17, 15) is 5.26 Å². The standard InChI is InChI=1S/C14H27N3/c1-4-16-14(12-15)10-7-8-13(14)9-11-17(5-2)6-3/h13,16H,4-11H2,1-3H3. The van der Waals surface area contributed by atoms with Crippen molar-refractivity contribution in [3.8, 4) is 6.07 Å². The van der Waals surface area contributed by atoms with Gasteiger partial charge in [0.25, 0.3) is 0 Å². The van der Waals surface area contributed by atoms with E-state index in [2.05, 4.69) is 37.1 Å². The highest BCUT2D eigenvalue weighted by Gasteiger charge is 2.42. The van der Waals surface area contributed by atoms with Gasteiger partial charge in [-0.05, 0) is 51.4 Å². The van der Waals surface area contributed by atoms with Gasteiger partial charge < -0.3 is 4.90 Å². The zero-order valence-electron chi connectivity index (χ0n) is 11.6. The molecule has 0 spiro atoms. The van der Waals surface area contributed by atoms with Gasteiger partial charge in [-0.15, -0.1) is 0 Å². The van der Waals surface area contributed by atoms with Crippen LogP contribution in [0.2, 0.25) is 0 Å². The van der Waals surface area contributed by atoms with E-state index in [0.29, 0.717) is 5.92 Å². The Balaban J connectivity index is 2.54. The third-order valence-corrected chi connectivity index (χ3v) is 4.20. The van der Waals surface area contributed by atoms with Crippen LogP contribution in [0.5, 0.6) is 0 Å². The first-order valence-corrected chi connectivity index (χ1v) is 7.11. The fraction of sp³-hybridized carbons (Fsp3) is 0.929. The minimum Gasteiger partial charge on any atom is -0.304 e. The Bertz CT molecular complexity index is 255. The Morgan fingerprint density at radius 3 is 2.59 bits per heavy atom. The molecule has 0 saturated heterocycles. The van der Waals surface area contributed by atoms with Crippen molar-refractivity contribution in [3.63, 3.8) is 0 Å². The van der Waals surface area contributed by atoms with Crippen molar-refractivity contribution in [2.75, 3.05) is 26.2 Å². The van der Waals surface area contributed by atoms with Crippen LogP contribution in [0.25, 0.3) is 0 Å². The zero-order valence-corrected chi connectivity index (χ0v) is 11.6. The molecule has 0 amide bonds. The van der Waals surface area contributed by atoms with Gasteiger partial charge in [-0.25, -0.2) is 0 Å². The van der Waals surface area contributed by atoms with Crippen molar-refractivity contribution < 1.29 is 0 Å². The van der Waals surface area contributed by atoms with E-state index < -0.39 is 0 Å². The maximum absolute atomic E-state index is 9.47. The highest BCUT2D eigenvalue weighted by molar-refractivity contribution is 5.14. The summed E-state index contributed by atoms with van der Waals surface area (Å²) in [6.45, 7) is 10.8.